The SMILES string of the molecule is CN=C(N)NC(=NC)NBr. The molecule has 0 aliphatic heterocycles. The predicted molar refractivity (Wildman–Crippen MR) is 46.1 cm³/mol. The first-order valence-electron chi connectivity index (χ1n) is 2.57. The number of nitrogens with one attached hydrogen (secondary N) is 2. The summed E-state index contributed by atoms with van der Waals surface area (Å²) in [7, 11) is 3.21. The molecule has 0 fully saturated rings. The minimum Gasteiger partial charge on any atom is -0.370 e. The van der Waals surface area contributed by atoms with E-state index in [0.717, 1.165) is 0 Å². The molecule has 0 heterocycles. The average Bonchev–Trinajstić information content (AvgIpc) is 1.99. The maximum absolute atomic E-state index is 5.32. The Balaban J connectivity index is 3.88. The summed E-state index contributed by atoms with van der Waals surface area (Å²) in [5.41, 5.74) is 5.32. The fourth-order valence-corrected chi connectivity index (χ4v) is 0.575. The van der Waals surface area contributed by atoms with E-state index in [9.17, 15) is 0 Å². The molecular formula is C4H10BrN5. The molecule has 0 radical (unpaired) electrons. The number of nitrogens with zero attached hydrogens (tertiary/aromatic N) is 2. The zero-order valence-electron chi connectivity index (χ0n) is 5.85. The van der Waals surface area contributed by atoms with Crippen molar-refractivity contribution in [3.8, 4) is 0 Å². The maximum Gasteiger partial charge on any atom is 0.208 e. The number of hydrogen-bond donors (Lipinski definition) is 3. The summed E-state index contributed by atoms with van der Waals surface area (Å²) >= 11 is 2.98. The maximum atomic E-state index is 5.32. The molecule has 0 saturated heterocycles. The second kappa shape index (κ2) is 5.04. The molecule has 4 N–H and O–H groups in total. The Kier molecular flexibility index (Phi) is 4.65. The van der Waals surface area contributed by atoms with Crippen LogP contribution in [0.3, 0.4) is 0 Å². The standard InChI is InChI=1S/C4H10BrN5/c1-7-3(6)9-4(8-2)10-5/h1-2H3,(H4,6,7,8,9,10). The molecule has 0 aromatic carbocycles. The highest BCUT2D eigenvalue weighted by molar-refractivity contribution is 9.08. The van der Waals surface area contributed by atoms with E-state index in [1.165, 1.54) is 0 Å². The number of nitrogens with two attached hydrogens (primary N) is 1. The first-order valence-corrected chi connectivity index (χ1v) is 3.36. The molecule has 0 aromatic heterocycles. The van der Waals surface area contributed by atoms with Crippen LogP contribution in [0.4, 0.5) is 0 Å². The molecule has 0 amide bonds. The van der Waals surface area contributed by atoms with Crippen molar-refractivity contribution < 1.29 is 0 Å². The highest BCUT2D eigenvalue weighted by Gasteiger charge is 1.93. The zero-order valence-corrected chi connectivity index (χ0v) is 7.44. The summed E-state index contributed by atoms with van der Waals surface area (Å²) in [5.74, 6) is 0.829. The Hall–Kier alpha value is -0.780. The molecule has 10 heavy (non-hydrogen) atoms. The largest absolute Gasteiger partial charge is 0.370 e. The summed E-state index contributed by atoms with van der Waals surface area (Å²) in [5, 5.41) is 2.69. The van der Waals surface area contributed by atoms with Crippen LogP contribution in [0.5, 0.6) is 0 Å². The van der Waals surface area contributed by atoms with Crippen LogP contribution < -0.4 is 15.4 Å². The van der Waals surface area contributed by atoms with Crippen molar-refractivity contribution in [3.63, 3.8) is 0 Å². The van der Waals surface area contributed by atoms with Crippen molar-refractivity contribution in [1.29, 1.82) is 0 Å². The van der Waals surface area contributed by atoms with Crippen LogP contribution >= 0.6 is 16.1 Å². The van der Waals surface area contributed by atoms with Crippen LogP contribution in [0, 0.1) is 0 Å². The van der Waals surface area contributed by atoms with Crippen LogP contribution in [0.2, 0.25) is 0 Å². The summed E-state index contributed by atoms with van der Waals surface area (Å²) in [6, 6.07) is 0. The Morgan fingerprint density at radius 3 is 2.30 bits per heavy atom. The van der Waals surface area contributed by atoms with Crippen LogP contribution in [0.25, 0.3) is 0 Å². The number of rotatable bonds is 0. The van der Waals surface area contributed by atoms with Gasteiger partial charge in [-0.25, -0.2) is 0 Å². The highest BCUT2D eigenvalue weighted by atomic mass is 79.9. The van der Waals surface area contributed by atoms with E-state index in [4.69, 9.17) is 5.73 Å². The molecule has 0 aliphatic rings. The van der Waals surface area contributed by atoms with Crippen molar-refractivity contribution in [2.24, 2.45) is 15.7 Å². The molecular weight excluding hydrogens is 198 g/mol. The lowest BCUT2D eigenvalue weighted by Gasteiger charge is -2.04. The van der Waals surface area contributed by atoms with Crippen molar-refractivity contribution in [1.82, 2.24) is 9.66 Å². The van der Waals surface area contributed by atoms with Crippen LogP contribution in [-0.2, 0) is 0 Å². The Morgan fingerprint density at radius 2 is 2.00 bits per heavy atom. The molecule has 0 aromatic rings. The van der Waals surface area contributed by atoms with E-state index >= 15 is 0 Å². The molecule has 0 aliphatic carbocycles. The van der Waals surface area contributed by atoms with E-state index in [0.29, 0.717) is 11.9 Å². The van der Waals surface area contributed by atoms with E-state index in [-0.39, 0.29) is 0 Å². The summed E-state index contributed by atoms with van der Waals surface area (Å²) < 4.78 is 2.61. The molecule has 0 spiro atoms. The van der Waals surface area contributed by atoms with Gasteiger partial charge < -0.3 is 5.73 Å². The topological polar surface area (TPSA) is 74.8 Å². The Morgan fingerprint density at radius 1 is 1.40 bits per heavy atom. The van der Waals surface area contributed by atoms with Crippen molar-refractivity contribution in [3.05, 3.63) is 0 Å². The van der Waals surface area contributed by atoms with Gasteiger partial charge in [-0.1, -0.05) is 0 Å². The van der Waals surface area contributed by atoms with Gasteiger partial charge in [0.05, 0.1) is 0 Å². The zero-order chi connectivity index (χ0) is 7.98. The molecule has 58 valence electrons. The average molecular weight is 208 g/mol. The fraction of sp³-hybridized carbons (Fsp3) is 0.500. The molecule has 0 saturated carbocycles. The molecule has 5 nitrogen and oxygen atoms in total. The number of halogens is 1. The third-order valence-electron chi connectivity index (χ3n) is 0.800. The first-order chi connectivity index (χ1) is 4.74. The monoisotopic (exact) mass is 207 g/mol. The third-order valence-corrected chi connectivity index (χ3v) is 1.18. The van der Waals surface area contributed by atoms with Gasteiger partial charge in [-0.15, -0.1) is 0 Å². The summed E-state index contributed by atoms with van der Waals surface area (Å²) in [4.78, 5) is 7.45. The molecule has 0 bridgehead atoms. The van der Waals surface area contributed by atoms with Crippen LogP contribution in [0.1, 0.15) is 0 Å². The van der Waals surface area contributed by atoms with Gasteiger partial charge in [0.1, 0.15) is 0 Å². The molecule has 0 atom stereocenters. The van der Waals surface area contributed by atoms with E-state index < -0.39 is 0 Å². The first kappa shape index (κ1) is 9.22. The smallest absolute Gasteiger partial charge is 0.208 e. The van der Waals surface area contributed by atoms with Gasteiger partial charge in [-0.3, -0.25) is 19.6 Å². The van der Waals surface area contributed by atoms with Gasteiger partial charge >= 0.3 is 0 Å². The van der Waals surface area contributed by atoms with Gasteiger partial charge in [0.25, 0.3) is 0 Å². The number of guanidine groups is 2. The fourth-order valence-electron chi connectivity index (χ4n) is 0.299. The van der Waals surface area contributed by atoms with Crippen molar-refractivity contribution in [2.45, 2.75) is 0 Å². The quantitative estimate of drug-likeness (QED) is 0.283. The van der Waals surface area contributed by atoms with Gasteiger partial charge in [0.15, 0.2) is 5.96 Å². The minimum absolute atomic E-state index is 0.313. The molecule has 0 unspecified atom stereocenters. The second-order valence-corrected chi connectivity index (χ2v) is 1.80. The Labute approximate surface area is 68.1 Å². The lowest BCUT2D eigenvalue weighted by molar-refractivity contribution is 1.17. The minimum atomic E-state index is 0.313. The van der Waals surface area contributed by atoms with Crippen LogP contribution in [0.15, 0.2) is 9.98 Å². The van der Waals surface area contributed by atoms with E-state index in [1.807, 2.05) is 0 Å². The van der Waals surface area contributed by atoms with Gasteiger partial charge in [0.2, 0.25) is 5.96 Å². The number of hydrogen-bond acceptors (Lipinski definition) is 2. The Bertz CT molecular complexity index is 152. The lowest BCUT2D eigenvalue weighted by Crippen LogP contribution is -2.41. The number of aliphatic imine (C=N–C) groups is 2. The summed E-state index contributed by atoms with van der Waals surface area (Å²) in [6.07, 6.45) is 0. The normalized spacial score (nSPS) is 13.1. The molecule has 0 rings (SSSR count). The second-order valence-electron chi connectivity index (χ2n) is 1.40. The third kappa shape index (κ3) is 3.29. The summed E-state index contributed by atoms with van der Waals surface area (Å²) in [6.45, 7) is 0. The van der Waals surface area contributed by atoms with E-state index in [2.05, 4.69) is 35.8 Å². The molecule has 6 heteroatoms. The van der Waals surface area contributed by atoms with Gasteiger partial charge in [-0.05, 0) is 0 Å². The van der Waals surface area contributed by atoms with Gasteiger partial charge in [0, 0.05) is 30.2 Å². The highest BCUT2D eigenvalue weighted by Crippen LogP contribution is 1.70. The van der Waals surface area contributed by atoms with Gasteiger partial charge in [-0.2, -0.15) is 0 Å². The lowest BCUT2D eigenvalue weighted by atomic mass is 10.8. The van der Waals surface area contributed by atoms with E-state index in [1.54, 1.807) is 14.1 Å². The predicted octanol–water partition coefficient (Wildman–Crippen LogP) is -0.594. The van der Waals surface area contributed by atoms with Crippen molar-refractivity contribution in [2.75, 3.05) is 14.1 Å². The van der Waals surface area contributed by atoms with Crippen molar-refractivity contribution >= 4 is 28.1 Å². The van der Waals surface area contributed by atoms with Crippen LogP contribution in [-0.4, -0.2) is 26.0 Å².